The van der Waals surface area contributed by atoms with Crippen LogP contribution in [0.15, 0.2) is 59.8 Å². The third-order valence-corrected chi connectivity index (χ3v) is 5.81. The van der Waals surface area contributed by atoms with E-state index in [0.29, 0.717) is 11.0 Å². The van der Waals surface area contributed by atoms with Gasteiger partial charge in [0, 0.05) is 18.3 Å². The predicted octanol–water partition coefficient (Wildman–Crippen LogP) is 4.17. The van der Waals surface area contributed by atoms with Gasteiger partial charge in [0.05, 0.1) is 5.25 Å². The number of rotatable bonds is 5. The minimum atomic E-state index is -0.542. The standard InChI is InChI=1S/C23H27N5O2S/c1-15(20(29)25-21(30)24-5)31-22-27-26-19(28(22)18-9-7-6-8-10-18)16-11-13-17(14-12-16)23(2,3)4/h6-15H,1-5H3,(H2,24,25,29,30). The molecule has 7 nitrogen and oxygen atoms in total. The molecule has 1 unspecified atom stereocenters. The van der Waals surface area contributed by atoms with E-state index in [0.717, 1.165) is 11.3 Å². The Morgan fingerprint density at radius 1 is 1.00 bits per heavy atom. The lowest BCUT2D eigenvalue weighted by Crippen LogP contribution is -2.41. The maximum Gasteiger partial charge on any atom is 0.321 e. The van der Waals surface area contributed by atoms with Crippen LogP contribution in [0.1, 0.15) is 33.3 Å². The molecule has 2 aromatic carbocycles. The average molecular weight is 438 g/mol. The molecule has 0 radical (unpaired) electrons. The lowest BCUT2D eigenvalue weighted by atomic mass is 9.87. The van der Waals surface area contributed by atoms with Crippen LogP contribution >= 0.6 is 11.8 Å². The predicted molar refractivity (Wildman–Crippen MR) is 123 cm³/mol. The van der Waals surface area contributed by atoms with Crippen LogP contribution in [0, 0.1) is 0 Å². The van der Waals surface area contributed by atoms with Crippen LogP contribution in [0.4, 0.5) is 4.79 Å². The molecule has 0 fully saturated rings. The summed E-state index contributed by atoms with van der Waals surface area (Å²) < 4.78 is 1.93. The number of urea groups is 1. The maximum atomic E-state index is 12.3. The first-order valence-electron chi connectivity index (χ1n) is 10.0. The minimum absolute atomic E-state index is 0.0558. The van der Waals surface area contributed by atoms with E-state index >= 15 is 0 Å². The summed E-state index contributed by atoms with van der Waals surface area (Å²) in [7, 11) is 1.46. The first kappa shape index (κ1) is 22.6. The number of carbonyl (C=O) groups is 2. The number of nitrogens with zero attached hydrogens (tertiary/aromatic N) is 3. The van der Waals surface area contributed by atoms with Crippen LogP contribution in [-0.2, 0) is 10.2 Å². The fraction of sp³-hybridized carbons (Fsp3) is 0.304. The summed E-state index contributed by atoms with van der Waals surface area (Å²) in [5.41, 5.74) is 3.11. The molecule has 162 valence electrons. The lowest BCUT2D eigenvalue weighted by molar-refractivity contribution is -0.119. The number of hydrogen-bond donors (Lipinski definition) is 2. The summed E-state index contributed by atoms with van der Waals surface area (Å²) in [6.45, 7) is 8.25. The highest BCUT2D eigenvalue weighted by Gasteiger charge is 2.23. The second-order valence-electron chi connectivity index (χ2n) is 8.13. The number of benzene rings is 2. The number of para-hydroxylation sites is 1. The first-order chi connectivity index (χ1) is 14.7. The van der Waals surface area contributed by atoms with Crippen molar-refractivity contribution in [2.24, 2.45) is 0 Å². The van der Waals surface area contributed by atoms with Crippen molar-refractivity contribution in [1.82, 2.24) is 25.4 Å². The average Bonchev–Trinajstić information content (AvgIpc) is 3.17. The van der Waals surface area contributed by atoms with E-state index in [4.69, 9.17) is 0 Å². The lowest BCUT2D eigenvalue weighted by Gasteiger charge is -2.19. The molecule has 1 heterocycles. The zero-order valence-electron chi connectivity index (χ0n) is 18.3. The zero-order valence-corrected chi connectivity index (χ0v) is 19.2. The van der Waals surface area contributed by atoms with Gasteiger partial charge in [-0.05, 0) is 30.0 Å². The van der Waals surface area contributed by atoms with Crippen molar-refractivity contribution in [3.63, 3.8) is 0 Å². The Labute approximate surface area is 186 Å². The molecule has 0 aliphatic rings. The van der Waals surface area contributed by atoms with Crippen molar-refractivity contribution in [2.45, 2.75) is 43.5 Å². The van der Waals surface area contributed by atoms with Crippen molar-refractivity contribution in [2.75, 3.05) is 7.05 Å². The Morgan fingerprint density at radius 2 is 1.65 bits per heavy atom. The molecule has 3 aromatic rings. The van der Waals surface area contributed by atoms with Crippen molar-refractivity contribution in [1.29, 1.82) is 0 Å². The quantitative estimate of drug-likeness (QED) is 0.585. The molecule has 0 aliphatic carbocycles. The summed E-state index contributed by atoms with van der Waals surface area (Å²) in [5.74, 6) is 0.288. The van der Waals surface area contributed by atoms with Gasteiger partial charge in [-0.25, -0.2) is 4.79 Å². The number of nitrogens with one attached hydrogen (secondary N) is 2. The van der Waals surface area contributed by atoms with Gasteiger partial charge in [-0.1, -0.05) is 75.0 Å². The molecule has 0 aliphatic heterocycles. The third kappa shape index (κ3) is 5.32. The minimum Gasteiger partial charge on any atom is -0.341 e. The normalized spacial score (nSPS) is 12.3. The molecule has 1 aromatic heterocycles. The summed E-state index contributed by atoms with van der Waals surface area (Å²) in [6, 6.07) is 17.5. The molecular formula is C23H27N5O2S. The number of aromatic nitrogens is 3. The molecule has 3 amide bonds. The SMILES string of the molecule is CNC(=O)NC(=O)C(C)Sc1nnc(-c2ccc(C(C)(C)C)cc2)n1-c1ccccc1. The molecule has 0 saturated heterocycles. The highest BCUT2D eigenvalue weighted by molar-refractivity contribution is 8.00. The largest absolute Gasteiger partial charge is 0.341 e. The van der Waals surface area contributed by atoms with E-state index in [9.17, 15) is 9.59 Å². The van der Waals surface area contributed by atoms with Crippen LogP contribution < -0.4 is 10.6 Å². The van der Waals surface area contributed by atoms with E-state index in [2.05, 4.69) is 53.7 Å². The number of hydrogen-bond acceptors (Lipinski definition) is 5. The summed E-state index contributed by atoms with van der Waals surface area (Å²) in [4.78, 5) is 23.8. The number of amides is 3. The number of carbonyl (C=O) groups excluding carboxylic acids is 2. The monoisotopic (exact) mass is 437 g/mol. The fourth-order valence-electron chi connectivity index (χ4n) is 2.95. The van der Waals surface area contributed by atoms with Crippen molar-refractivity contribution >= 4 is 23.7 Å². The van der Waals surface area contributed by atoms with Gasteiger partial charge in [-0.15, -0.1) is 10.2 Å². The topological polar surface area (TPSA) is 88.9 Å². The number of thioether (sulfide) groups is 1. The van der Waals surface area contributed by atoms with E-state index in [1.165, 1.54) is 24.4 Å². The van der Waals surface area contributed by atoms with Gasteiger partial charge < -0.3 is 5.32 Å². The fourth-order valence-corrected chi connectivity index (χ4v) is 3.82. The Kier molecular flexibility index (Phi) is 6.80. The first-order valence-corrected chi connectivity index (χ1v) is 10.9. The van der Waals surface area contributed by atoms with Gasteiger partial charge in [0.25, 0.3) is 0 Å². The molecule has 8 heteroatoms. The second-order valence-corrected chi connectivity index (χ2v) is 9.44. The van der Waals surface area contributed by atoms with Crippen LogP contribution in [0.3, 0.4) is 0 Å². The van der Waals surface area contributed by atoms with E-state index in [1.807, 2.05) is 47.0 Å². The molecule has 1 atom stereocenters. The molecule has 31 heavy (non-hydrogen) atoms. The van der Waals surface area contributed by atoms with Gasteiger partial charge in [0.1, 0.15) is 0 Å². The molecule has 0 saturated carbocycles. The Balaban J connectivity index is 1.98. The Bertz CT molecular complexity index is 1060. The zero-order chi connectivity index (χ0) is 22.6. The van der Waals surface area contributed by atoms with E-state index < -0.39 is 17.2 Å². The second kappa shape index (κ2) is 9.34. The molecule has 2 N–H and O–H groups in total. The van der Waals surface area contributed by atoms with Crippen LogP contribution in [0.25, 0.3) is 17.1 Å². The Morgan fingerprint density at radius 3 is 2.23 bits per heavy atom. The summed E-state index contributed by atoms with van der Waals surface area (Å²) in [5, 5.41) is 13.5. The van der Waals surface area contributed by atoms with Crippen molar-refractivity contribution in [3.8, 4) is 17.1 Å². The van der Waals surface area contributed by atoms with E-state index in [-0.39, 0.29) is 5.41 Å². The van der Waals surface area contributed by atoms with Crippen LogP contribution in [-0.4, -0.2) is 39.0 Å². The third-order valence-electron chi connectivity index (χ3n) is 4.77. The van der Waals surface area contributed by atoms with Crippen molar-refractivity contribution < 1.29 is 9.59 Å². The number of imide groups is 1. The molecule has 0 bridgehead atoms. The summed E-state index contributed by atoms with van der Waals surface area (Å²) >= 11 is 1.25. The highest BCUT2D eigenvalue weighted by Crippen LogP contribution is 2.31. The van der Waals surface area contributed by atoms with Crippen molar-refractivity contribution in [3.05, 3.63) is 60.2 Å². The van der Waals surface area contributed by atoms with Gasteiger partial charge >= 0.3 is 6.03 Å². The highest BCUT2D eigenvalue weighted by atomic mass is 32.2. The Hall–Kier alpha value is -3.13. The summed E-state index contributed by atoms with van der Waals surface area (Å²) in [6.07, 6.45) is 0. The van der Waals surface area contributed by atoms with Gasteiger partial charge in [0.2, 0.25) is 5.91 Å². The van der Waals surface area contributed by atoms with Gasteiger partial charge in [-0.3, -0.25) is 14.7 Å². The van der Waals surface area contributed by atoms with Crippen LogP contribution in [0.2, 0.25) is 0 Å². The molecule has 3 rings (SSSR count). The maximum absolute atomic E-state index is 12.3. The molecular weight excluding hydrogens is 410 g/mol. The molecule has 0 spiro atoms. The van der Waals surface area contributed by atoms with Crippen LogP contribution in [0.5, 0.6) is 0 Å². The van der Waals surface area contributed by atoms with Gasteiger partial charge in [-0.2, -0.15) is 0 Å². The van der Waals surface area contributed by atoms with E-state index in [1.54, 1.807) is 6.92 Å². The van der Waals surface area contributed by atoms with Gasteiger partial charge in [0.15, 0.2) is 11.0 Å². The smallest absolute Gasteiger partial charge is 0.321 e.